The van der Waals surface area contributed by atoms with Crippen LogP contribution < -0.4 is 5.32 Å². The molecule has 2 aromatic rings. The van der Waals surface area contributed by atoms with Crippen molar-refractivity contribution in [3.05, 3.63) is 71.3 Å². The Morgan fingerprint density at radius 2 is 1.88 bits per heavy atom. The van der Waals surface area contributed by atoms with Gasteiger partial charge in [0.15, 0.2) is 6.10 Å². The Morgan fingerprint density at radius 3 is 2.54 bits per heavy atom. The van der Waals surface area contributed by atoms with E-state index in [9.17, 15) is 18.4 Å². The van der Waals surface area contributed by atoms with Gasteiger partial charge in [-0.25, -0.2) is 13.6 Å². The smallest absolute Gasteiger partial charge is 0.331 e. The minimum absolute atomic E-state index is 0.342. The molecule has 2 rings (SSSR count). The number of esters is 1. The van der Waals surface area contributed by atoms with Crippen LogP contribution in [-0.4, -0.2) is 18.0 Å². The van der Waals surface area contributed by atoms with Gasteiger partial charge >= 0.3 is 5.97 Å². The molecule has 0 radical (unpaired) electrons. The zero-order valence-electron chi connectivity index (χ0n) is 13.7. The van der Waals surface area contributed by atoms with Crippen molar-refractivity contribution >= 4 is 23.6 Å². The van der Waals surface area contributed by atoms with Crippen LogP contribution in [0.2, 0.25) is 0 Å². The lowest BCUT2D eigenvalue weighted by Gasteiger charge is -2.12. The molecule has 0 fully saturated rings. The minimum atomic E-state index is -1.21. The maximum atomic E-state index is 13.5. The Morgan fingerprint density at radius 1 is 1.19 bits per heavy atom. The second-order valence-electron chi connectivity index (χ2n) is 5.26. The van der Waals surface area contributed by atoms with Gasteiger partial charge in [-0.3, -0.25) is 4.79 Å². The zero-order valence-corrected chi connectivity index (χ0v) is 13.7. The van der Waals surface area contributed by atoms with E-state index in [4.69, 9.17) is 10.00 Å². The molecule has 0 aliphatic heterocycles. The van der Waals surface area contributed by atoms with Crippen LogP contribution in [0, 0.1) is 23.0 Å². The highest BCUT2D eigenvalue weighted by molar-refractivity contribution is 5.96. The fraction of sp³-hybridized carbons (Fsp3) is 0.105. The summed E-state index contributed by atoms with van der Waals surface area (Å²) in [6.07, 6.45) is 1.37. The van der Waals surface area contributed by atoms with Gasteiger partial charge in [0.2, 0.25) is 0 Å². The number of hydrogen-bond donors (Lipinski definition) is 1. The second kappa shape index (κ2) is 8.53. The van der Waals surface area contributed by atoms with Crippen LogP contribution in [0.1, 0.15) is 18.1 Å². The largest absolute Gasteiger partial charge is 0.449 e. The lowest BCUT2D eigenvalue weighted by Crippen LogP contribution is -2.29. The number of ether oxygens (including phenoxy) is 1. The lowest BCUT2D eigenvalue weighted by molar-refractivity contribution is -0.148. The third-order valence-corrected chi connectivity index (χ3v) is 3.30. The molecule has 0 bridgehead atoms. The van der Waals surface area contributed by atoms with E-state index in [2.05, 4.69) is 5.32 Å². The summed E-state index contributed by atoms with van der Waals surface area (Å²) in [5.41, 5.74) is 0.811. The van der Waals surface area contributed by atoms with Crippen LogP contribution >= 0.6 is 0 Å². The molecule has 0 saturated heterocycles. The first kappa shape index (κ1) is 18.8. The average Bonchev–Trinajstić information content (AvgIpc) is 2.63. The predicted molar refractivity (Wildman–Crippen MR) is 90.7 cm³/mol. The van der Waals surface area contributed by atoms with Gasteiger partial charge in [0.1, 0.15) is 11.6 Å². The molecule has 0 aliphatic carbocycles. The summed E-state index contributed by atoms with van der Waals surface area (Å²) in [7, 11) is 0. The molecular weight excluding hydrogens is 342 g/mol. The van der Waals surface area contributed by atoms with Crippen molar-refractivity contribution in [2.24, 2.45) is 0 Å². The number of benzene rings is 2. The third kappa shape index (κ3) is 5.24. The highest BCUT2D eigenvalue weighted by Gasteiger charge is 2.18. The Bertz CT molecular complexity index is 887. The van der Waals surface area contributed by atoms with E-state index in [1.807, 2.05) is 6.07 Å². The molecule has 1 N–H and O–H groups in total. The molecule has 26 heavy (non-hydrogen) atoms. The second-order valence-corrected chi connectivity index (χ2v) is 5.26. The number of carbonyl (C=O) groups is 2. The zero-order chi connectivity index (χ0) is 19.1. The first-order valence-electron chi connectivity index (χ1n) is 7.54. The van der Waals surface area contributed by atoms with Crippen LogP contribution in [0.4, 0.5) is 14.5 Å². The van der Waals surface area contributed by atoms with Crippen molar-refractivity contribution in [2.45, 2.75) is 13.0 Å². The minimum Gasteiger partial charge on any atom is -0.449 e. The van der Waals surface area contributed by atoms with Crippen LogP contribution in [-0.2, 0) is 14.3 Å². The van der Waals surface area contributed by atoms with Gasteiger partial charge in [0.05, 0.1) is 17.3 Å². The standard InChI is InChI=1S/C19H14F2N2O3/c1-12(19(25)23-17-10-15(20)7-8-16(17)21)26-18(24)9-6-13-2-4-14(11-22)5-3-13/h2-10,12H,1H3,(H,23,25)/b9-6+/t12-/m0/s1. The van der Waals surface area contributed by atoms with Crippen molar-refractivity contribution in [2.75, 3.05) is 5.32 Å². The summed E-state index contributed by atoms with van der Waals surface area (Å²) in [6.45, 7) is 1.31. The highest BCUT2D eigenvalue weighted by atomic mass is 19.1. The summed E-state index contributed by atoms with van der Waals surface area (Å²) in [6, 6.07) is 11.1. The summed E-state index contributed by atoms with van der Waals surface area (Å²) in [5.74, 6) is -3.10. The Labute approximate surface area is 148 Å². The van der Waals surface area contributed by atoms with Gasteiger partial charge in [-0.15, -0.1) is 0 Å². The van der Waals surface area contributed by atoms with E-state index in [0.717, 1.165) is 24.3 Å². The Kier molecular flexibility index (Phi) is 6.17. The number of nitriles is 1. The van der Waals surface area contributed by atoms with Gasteiger partial charge in [-0.2, -0.15) is 5.26 Å². The normalized spacial score (nSPS) is 11.6. The molecular formula is C19H14F2N2O3. The van der Waals surface area contributed by atoms with Crippen molar-refractivity contribution < 1.29 is 23.1 Å². The maximum Gasteiger partial charge on any atom is 0.331 e. The first-order valence-corrected chi connectivity index (χ1v) is 7.54. The number of halogens is 2. The summed E-state index contributed by atoms with van der Waals surface area (Å²) < 4.78 is 31.5. The monoisotopic (exact) mass is 356 g/mol. The molecule has 0 aromatic heterocycles. The van der Waals surface area contributed by atoms with Gasteiger partial charge in [-0.1, -0.05) is 12.1 Å². The SMILES string of the molecule is C[C@H](OC(=O)/C=C/c1ccc(C#N)cc1)C(=O)Nc1cc(F)ccc1F. The predicted octanol–water partition coefficient (Wildman–Crippen LogP) is 3.42. The summed E-state index contributed by atoms with van der Waals surface area (Å²) >= 11 is 0. The van der Waals surface area contributed by atoms with Crippen LogP contribution in [0.25, 0.3) is 6.08 Å². The van der Waals surface area contributed by atoms with E-state index < -0.39 is 29.6 Å². The molecule has 1 amide bonds. The maximum absolute atomic E-state index is 13.5. The molecule has 0 heterocycles. The fourth-order valence-electron chi connectivity index (χ4n) is 1.93. The van der Waals surface area contributed by atoms with Crippen LogP contribution in [0.5, 0.6) is 0 Å². The third-order valence-electron chi connectivity index (χ3n) is 3.30. The molecule has 0 aliphatic rings. The molecule has 7 heteroatoms. The molecule has 132 valence electrons. The molecule has 5 nitrogen and oxygen atoms in total. The number of rotatable bonds is 5. The highest BCUT2D eigenvalue weighted by Crippen LogP contribution is 2.16. The van der Waals surface area contributed by atoms with Gasteiger partial charge < -0.3 is 10.1 Å². The van der Waals surface area contributed by atoms with E-state index in [0.29, 0.717) is 11.1 Å². The summed E-state index contributed by atoms with van der Waals surface area (Å²) in [5, 5.41) is 10.9. The Hall–Kier alpha value is -3.53. The number of carbonyl (C=O) groups excluding carboxylic acids is 2. The number of amides is 1. The quantitative estimate of drug-likeness (QED) is 0.658. The van der Waals surface area contributed by atoms with Crippen molar-refractivity contribution in [3.63, 3.8) is 0 Å². The Balaban J connectivity index is 1.93. The van der Waals surface area contributed by atoms with Gasteiger partial charge in [0.25, 0.3) is 5.91 Å². The number of anilines is 1. The average molecular weight is 356 g/mol. The number of nitrogens with one attached hydrogen (secondary N) is 1. The summed E-state index contributed by atoms with van der Waals surface area (Å²) in [4.78, 5) is 23.7. The van der Waals surface area contributed by atoms with E-state index in [1.54, 1.807) is 24.3 Å². The van der Waals surface area contributed by atoms with Gasteiger partial charge in [-0.05, 0) is 42.8 Å². The van der Waals surface area contributed by atoms with Crippen molar-refractivity contribution in [1.82, 2.24) is 0 Å². The molecule has 2 aromatic carbocycles. The molecule has 0 unspecified atom stereocenters. The molecule has 1 atom stereocenters. The topological polar surface area (TPSA) is 79.2 Å². The van der Waals surface area contributed by atoms with Crippen molar-refractivity contribution in [1.29, 1.82) is 5.26 Å². The van der Waals surface area contributed by atoms with Crippen LogP contribution in [0.15, 0.2) is 48.5 Å². The van der Waals surface area contributed by atoms with E-state index >= 15 is 0 Å². The van der Waals surface area contributed by atoms with Gasteiger partial charge in [0, 0.05) is 12.1 Å². The van der Waals surface area contributed by atoms with E-state index in [-0.39, 0.29) is 5.69 Å². The van der Waals surface area contributed by atoms with E-state index in [1.165, 1.54) is 13.0 Å². The first-order chi connectivity index (χ1) is 12.4. The van der Waals surface area contributed by atoms with Crippen LogP contribution in [0.3, 0.4) is 0 Å². The fourth-order valence-corrected chi connectivity index (χ4v) is 1.93. The number of nitrogens with zero attached hydrogens (tertiary/aromatic N) is 1. The molecule has 0 saturated carbocycles. The van der Waals surface area contributed by atoms with Crippen molar-refractivity contribution in [3.8, 4) is 6.07 Å². The molecule has 0 spiro atoms. The lowest BCUT2D eigenvalue weighted by atomic mass is 10.1. The number of hydrogen-bond acceptors (Lipinski definition) is 4.